The Kier molecular flexibility index (Phi) is 3.73. The van der Waals surface area contributed by atoms with Crippen LogP contribution in [0.2, 0.25) is 0 Å². The molecule has 0 aromatic carbocycles. The van der Waals surface area contributed by atoms with Crippen LogP contribution in [0.5, 0.6) is 0 Å². The van der Waals surface area contributed by atoms with Crippen LogP contribution in [-0.4, -0.2) is 59.7 Å². The van der Waals surface area contributed by atoms with Gasteiger partial charge in [-0.3, -0.25) is 0 Å². The van der Waals surface area contributed by atoms with Crippen molar-refractivity contribution >= 4 is 32.0 Å². The van der Waals surface area contributed by atoms with Gasteiger partial charge in [0.2, 0.25) is 10.0 Å². The monoisotopic (exact) mass is 286 g/mol. The van der Waals surface area contributed by atoms with Gasteiger partial charge in [-0.05, 0) is 0 Å². The number of hydrogen-bond donors (Lipinski definition) is 1. The van der Waals surface area contributed by atoms with Gasteiger partial charge >= 0.3 is 6.09 Å². The number of nitrogens with zero attached hydrogens (tertiary/aromatic N) is 2. The van der Waals surface area contributed by atoms with Crippen molar-refractivity contribution in [2.45, 2.75) is 0 Å². The largest absolute Gasteiger partial charge is 0.465 e. The van der Waals surface area contributed by atoms with Crippen molar-refractivity contribution in [3.63, 3.8) is 0 Å². The van der Waals surface area contributed by atoms with Crippen LogP contribution < -0.4 is 0 Å². The number of carboxylic acid groups (broad SMARTS) is 1. The van der Waals surface area contributed by atoms with Gasteiger partial charge < -0.3 is 10.0 Å². The first-order chi connectivity index (χ1) is 6.47. The Morgan fingerprint density at radius 1 is 1.29 bits per heavy atom. The van der Waals surface area contributed by atoms with E-state index in [1.54, 1.807) is 0 Å². The standard InChI is InChI=1S/C6H11BrN2O4S/c7-5-14(12,13)9-3-1-8(2-4-9)6(10)11/h1-5H2,(H,10,11). The molecule has 1 aliphatic rings. The molecule has 1 N–H and O–H groups in total. The summed E-state index contributed by atoms with van der Waals surface area (Å²) in [6.45, 7) is 0.948. The van der Waals surface area contributed by atoms with Crippen LogP contribution in [-0.2, 0) is 10.0 Å². The Morgan fingerprint density at radius 2 is 1.79 bits per heavy atom. The van der Waals surface area contributed by atoms with Crippen molar-refractivity contribution in [3.8, 4) is 0 Å². The van der Waals surface area contributed by atoms with Gasteiger partial charge in [0.25, 0.3) is 0 Å². The molecule has 1 heterocycles. The van der Waals surface area contributed by atoms with Gasteiger partial charge in [0.15, 0.2) is 0 Å². The fourth-order valence-corrected chi connectivity index (χ4v) is 2.95. The summed E-state index contributed by atoms with van der Waals surface area (Å²) in [5, 5.41) is 8.63. The summed E-state index contributed by atoms with van der Waals surface area (Å²) in [6.07, 6.45) is -0.999. The Hall–Kier alpha value is -0.340. The van der Waals surface area contributed by atoms with Crippen molar-refractivity contribution in [3.05, 3.63) is 0 Å². The van der Waals surface area contributed by atoms with Crippen molar-refractivity contribution in [2.24, 2.45) is 0 Å². The van der Waals surface area contributed by atoms with E-state index < -0.39 is 16.1 Å². The third kappa shape index (κ3) is 2.58. The highest BCUT2D eigenvalue weighted by Crippen LogP contribution is 2.09. The Bertz CT molecular complexity index is 310. The lowest BCUT2D eigenvalue weighted by molar-refractivity contribution is 0.126. The Morgan fingerprint density at radius 3 is 2.14 bits per heavy atom. The van der Waals surface area contributed by atoms with E-state index in [0.717, 1.165) is 0 Å². The molecular formula is C6H11BrN2O4S. The summed E-state index contributed by atoms with van der Waals surface area (Å²) >= 11 is 2.89. The van der Waals surface area contributed by atoms with E-state index in [1.165, 1.54) is 9.21 Å². The number of alkyl halides is 1. The van der Waals surface area contributed by atoms with Crippen LogP contribution in [0.1, 0.15) is 0 Å². The van der Waals surface area contributed by atoms with Crippen LogP contribution in [0.25, 0.3) is 0 Å². The molecule has 0 bridgehead atoms. The predicted octanol–water partition coefficient (Wildman–Crippen LogP) is -0.0358. The molecule has 0 radical (unpaired) electrons. The second-order valence-corrected chi connectivity index (χ2v) is 6.16. The minimum atomic E-state index is -3.24. The lowest BCUT2D eigenvalue weighted by Crippen LogP contribution is -2.50. The first kappa shape index (κ1) is 11.7. The zero-order valence-corrected chi connectivity index (χ0v) is 9.79. The zero-order valence-electron chi connectivity index (χ0n) is 7.39. The molecule has 0 aliphatic carbocycles. The van der Waals surface area contributed by atoms with Crippen LogP contribution in [0.15, 0.2) is 0 Å². The molecule has 0 spiro atoms. The molecule has 1 amide bonds. The molecule has 0 aromatic rings. The molecule has 0 atom stereocenters. The van der Waals surface area contributed by atoms with Crippen molar-refractivity contribution < 1.29 is 18.3 Å². The molecule has 1 saturated heterocycles. The quantitative estimate of drug-likeness (QED) is 0.723. The normalized spacial score (nSPS) is 19.6. The summed E-state index contributed by atoms with van der Waals surface area (Å²) in [4.78, 5) is 11.7. The molecule has 1 aliphatic heterocycles. The van der Waals surface area contributed by atoms with Gasteiger partial charge in [-0.1, -0.05) is 15.9 Å². The van der Waals surface area contributed by atoms with E-state index in [4.69, 9.17) is 5.11 Å². The zero-order chi connectivity index (χ0) is 10.8. The molecular weight excluding hydrogens is 276 g/mol. The fraction of sp³-hybridized carbons (Fsp3) is 0.833. The molecule has 8 heteroatoms. The maximum Gasteiger partial charge on any atom is 0.407 e. The smallest absolute Gasteiger partial charge is 0.407 e. The number of amides is 1. The molecule has 6 nitrogen and oxygen atoms in total. The van der Waals surface area contributed by atoms with Crippen LogP contribution in [0, 0.1) is 0 Å². The van der Waals surface area contributed by atoms with Crippen LogP contribution in [0.4, 0.5) is 4.79 Å². The van der Waals surface area contributed by atoms with Crippen molar-refractivity contribution in [1.29, 1.82) is 0 Å². The van der Waals surface area contributed by atoms with E-state index in [0.29, 0.717) is 0 Å². The summed E-state index contributed by atoms with van der Waals surface area (Å²) in [5.74, 6) is 0. The number of piperazine rings is 1. The van der Waals surface area contributed by atoms with Gasteiger partial charge in [0.05, 0.1) is 0 Å². The van der Waals surface area contributed by atoms with Gasteiger partial charge in [-0.25, -0.2) is 13.2 Å². The average Bonchev–Trinajstić information content (AvgIpc) is 2.18. The summed E-state index contributed by atoms with van der Waals surface area (Å²) in [5.41, 5.74) is 0. The lowest BCUT2D eigenvalue weighted by Gasteiger charge is -2.31. The SMILES string of the molecule is O=C(O)N1CCN(S(=O)(=O)CBr)CC1. The molecule has 0 unspecified atom stereocenters. The molecule has 1 rings (SSSR count). The van der Waals surface area contributed by atoms with Crippen LogP contribution in [0.3, 0.4) is 0 Å². The maximum atomic E-state index is 11.3. The van der Waals surface area contributed by atoms with Gasteiger partial charge in [0, 0.05) is 26.2 Å². The first-order valence-electron chi connectivity index (χ1n) is 3.99. The molecule has 0 saturated carbocycles. The third-order valence-electron chi connectivity index (χ3n) is 2.04. The highest BCUT2D eigenvalue weighted by atomic mass is 79.9. The predicted molar refractivity (Wildman–Crippen MR) is 53.9 cm³/mol. The topological polar surface area (TPSA) is 77.9 Å². The van der Waals surface area contributed by atoms with E-state index in [9.17, 15) is 13.2 Å². The minimum absolute atomic E-state index is 0.118. The third-order valence-corrected chi connectivity index (χ3v) is 5.20. The summed E-state index contributed by atoms with van der Waals surface area (Å²) in [7, 11) is -3.24. The van der Waals surface area contributed by atoms with Crippen molar-refractivity contribution in [1.82, 2.24) is 9.21 Å². The lowest BCUT2D eigenvalue weighted by atomic mass is 10.4. The molecule has 1 fully saturated rings. The summed E-state index contributed by atoms with van der Waals surface area (Å²) < 4.78 is 23.9. The highest BCUT2D eigenvalue weighted by Gasteiger charge is 2.27. The number of carbonyl (C=O) groups is 1. The van der Waals surface area contributed by atoms with E-state index in [-0.39, 0.29) is 30.8 Å². The van der Waals surface area contributed by atoms with Gasteiger partial charge in [-0.2, -0.15) is 4.31 Å². The fourth-order valence-electron chi connectivity index (χ4n) is 1.23. The molecule has 14 heavy (non-hydrogen) atoms. The van der Waals surface area contributed by atoms with E-state index in [2.05, 4.69) is 15.9 Å². The van der Waals surface area contributed by atoms with Gasteiger partial charge in [-0.15, -0.1) is 0 Å². The Labute approximate surface area is 90.7 Å². The number of rotatable bonds is 2. The number of halogens is 1. The van der Waals surface area contributed by atoms with Crippen LogP contribution >= 0.6 is 15.9 Å². The van der Waals surface area contributed by atoms with E-state index >= 15 is 0 Å². The molecule has 82 valence electrons. The second kappa shape index (κ2) is 4.45. The first-order valence-corrected chi connectivity index (χ1v) is 6.72. The highest BCUT2D eigenvalue weighted by molar-refractivity contribution is 9.10. The number of sulfonamides is 1. The Balaban J connectivity index is 2.56. The number of hydrogen-bond acceptors (Lipinski definition) is 3. The summed E-state index contributed by atoms with van der Waals surface area (Å²) in [6, 6.07) is 0. The van der Waals surface area contributed by atoms with E-state index in [1.807, 2.05) is 0 Å². The van der Waals surface area contributed by atoms with Crippen molar-refractivity contribution in [2.75, 3.05) is 30.8 Å². The molecule has 0 aromatic heterocycles. The minimum Gasteiger partial charge on any atom is -0.465 e. The maximum absolute atomic E-state index is 11.3. The second-order valence-electron chi connectivity index (χ2n) is 2.89. The average molecular weight is 287 g/mol. The van der Waals surface area contributed by atoms with Gasteiger partial charge in [0.1, 0.15) is 4.66 Å².